The molecule has 0 spiro atoms. The number of rotatable bonds is 3. The monoisotopic (exact) mass is 391 g/mol. The van der Waals surface area contributed by atoms with Crippen molar-refractivity contribution in [2.24, 2.45) is 0 Å². The molecule has 0 saturated carbocycles. The molecule has 10 heteroatoms. The average molecular weight is 391 g/mol. The number of benzene rings is 1. The van der Waals surface area contributed by atoms with Crippen LogP contribution in [0.2, 0.25) is 0 Å². The number of hydrogen-bond donors (Lipinski definition) is 2. The maximum Gasteiger partial charge on any atom is 0.433 e. The molecular formula is C18H16F3N5O2. The van der Waals surface area contributed by atoms with Gasteiger partial charge in [0.15, 0.2) is 0 Å². The van der Waals surface area contributed by atoms with Crippen LogP contribution in [0.5, 0.6) is 0 Å². The number of halogens is 3. The molecular weight excluding hydrogens is 375 g/mol. The Bertz CT molecular complexity index is 1010. The van der Waals surface area contributed by atoms with Crippen molar-refractivity contribution in [1.29, 1.82) is 0 Å². The van der Waals surface area contributed by atoms with Gasteiger partial charge in [0.05, 0.1) is 36.3 Å². The van der Waals surface area contributed by atoms with Gasteiger partial charge in [-0.2, -0.15) is 18.3 Å². The van der Waals surface area contributed by atoms with E-state index in [1.807, 2.05) is 11.0 Å². The van der Waals surface area contributed by atoms with Crippen molar-refractivity contribution in [2.75, 3.05) is 36.5 Å². The third-order valence-electron chi connectivity index (χ3n) is 4.43. The first kappa shape index (κ1) is 18.2. The highest BCUT2D eigenvalue weighted by Gasteiger charge is 2.33. The third-order valence-corrected chi connectivity index (χ3v) is 4.43. The van der Waals surface area contributed by atoms with Gasteiger partial charge in [-0.1, -0.05) is 6.07 Å². The van der Waals surface area contributed by atoms with E-state index in [0.29, 0.717) is 32.0 Å². The van der Waals surface area contributed by atoms with Gasteiger partial charge < -0.3 is 15.0 Å². The molecule has 0 aliphatic carbocycles. The lowest BCUT2D eigenvalue weighted by Crippen LogP contribution is -2.36. The van der Waals surface area contributed by atoms with E-state index in [2.05, 4.69) is 20.5 Å². The van der Waals surface area contributed by atoms with Gasteiger partial charge in [0, 0.05) is 18.5 Å². The molecule has 1 saturated heterocycles. The Labute approximate surface area is 157 Å². The van der Waals surface area contributed by atoms with Crippen LogP contribution in [0.4, 0.5) is 24.5 Å². The summed E-state index contributed by atoms with van der Waals surface area (Å²) >= 11 is 0. The minimum atomic E-state index is -4.62. The highest BCUT2D eigenvalue weighted by molar-refractivity contribution is 6.06. The fourth-order valence-electron chi connectivity index (χ4n) is 3.05. The zero-order valence-corrected chi connectivity index (χ0v) is 14.6. The summed E-state index contributed by atoms with van der Waals surface area (Å²) in [4.78, 5) is 18.1. The molecule has 0 unspecified atom stereocenters. The Kier molecular flexibility index (Phi) is 4.63. The molecule has 1 aliphatic heterocycles. The van der Waals surface area contributed by atoms with Crippen molar-refractivity contribution in [3.05, 3.63) is 47.9 Å². The number of alkyl halides is 3. The van der Waals surface area contributed by atoms with E-state index in [0.717, 1.165) is 28.7 Å². The topological polar surface area (TPSA) is 83.1 Å². The molecule has 2 N–H and O–H groups in total. The minimum absolute atomic E-state index is 0.310. The van der Waals surface area contributed by atoms with Crippen molar-refractivity contribution >= 4 is 28.2 Å². The van der Waals surface area contributed by atoms with Crippen molar-refractivity contribution in [2.45, 2.75) is 6.18 Å². The van der Waals surface area contributed by atoms with Crippen LogP contribution in [-0.4, -0.2) is 47.4 Å². The molecule has 0 bridgehead atoms. The number of carbonyl (C=O) groups is 1. The van der Waals surface area contributed by atoms with Crippen LogP contribution in [0.15, 0.2) is 36.5 Å². The van der Waals surface area contributed by atoms with Crippen LogP contribution in [0, 0.1) is 0 Å². The summed E-state index contributed by atoms with van der Waals surface area (Å²) in [5, 5.41) is 10.3. The predicted molar refractivity (Wildman–Crippen MR) is 96.3 cm³/mol. The summed E-state index contributed by atoms with van der Waals surface area (Å²) in [6, 6.07) is 6.81. The molecule has 1 aromatic carbocycles. The number of H-pyrrole nitrogens is 1. The Balaban J connectivity index is 1.67. The normalized spacial score (nSPS) is 15.0. The van der Waals surface area contributed by atoms with E-state index >= 15 is 0 Å². The van der Waals surface area contributed by atoms with E-state index in [-0.39, 0.29) is 5.69 Å². The van der Waals surface area contributed by atoms with Gasteiger partial charge in [0.2, 0.25) is 0 Å². The summed E-state index contributed by atoms with van der Waals surface area (Å²) in [7, 11) is 0. The molecule has 28 heavy (non-hydrogen) atoms. The number of aromatic nitrogens is 3. The molecule has 2 aromatic heterocycles. The van der Waals surface area contributed by atoms with Gasteiger partial charge in [-0.25, -0.2) is 4.98 Å². The van der Waals surface area contributed by atoms with Crippen LogP contribution < -0.4 is 10.2 Å². The molecule has 1 aliphatic rings. The largest absolute Gasteiger partial charge is 0.433 e. The zero-order chi connectivity index (χ0) is 19.7. The second-order valence-electron chi connectivity index (χ2n) is 6.29. The molecule has 146 valence electrons. The first-order valence-corrected chi connectivity index (χ1v) is 8.57. The van der Waals surface area contributed by atoms with E-state index in [1.54, 1.807) is 12.3 Å². The van der Waals surface area contributed by atoms with Crippen molar-refractivity contribution < 1.29 is 22.7 Å². The predicted octanol–water partition coefficient (Wildman–Crippen LogP) is 3.07. The van der Waals surface area contributed by atoms with Gasteiger partial charge in [-0.05, 0) is 24.3 Å². The molecule has 3 aromatic rings. The highest BCUT2D eigenvalue weighted by atomic mass is 19.4. The average Bonchev–Trinajstić information content (AvgIpc) is 3.15. The molecule has 0 atom stereocenters. The van der Waals surface area contributed by atoms with Gasteiger partial charge >= 0.3 is 6.18 Å². The van der Waals surface area contributed by atoms with Crippen molar-refractivity contribution in [3.8, 4) is 0 Å². The van der Waals surface area contributed by atoms with Crippen LogP contribution in [-0.2, 0) is 10.9 Å². The number of hydrogen-bond acceptors (Lipinski definition) is 5. The molecule has 4 rings (SSSR count). The van der Waals surface area contributed by atoms with E-state index in [1.165, 1.54) is 6.07 Å². The lowest BCUT2D eigenvalue weighted by molar-refractivity contribution is -0.141. The van der Waals surface area contributed by atoms with Gasteiger partial charge in [0.1, 0.15) is 11.4 Å². The Morgan fingerprint density at radius 1 is 1.21 bits per heavy atom. The minimum Gasteiger partial charge on any atom is -0.378 e. The Hall–Kier alpha value is -3.14. The van der Waals surface area contributed by atoms with Crippen LogP contribution >= 0.6 is 0 Å². The summed E-state index contributed by atoms with van der Waals surface area (Å²) in [5.74, 6) is -0.719. The molecule has 3 heterocycles. The van der Waals surface area contributed by atoms with Gasteiger partial charge in [-0.15, -0.1) is 0 Å². The van der Waals surface area contributed by atoms with Crippen LogP contribution in [0.25, 0.3) is 10.9 Å². The maximum atomic E-state index is 12.9. The van der Waals surface area contributed by atoms with Gasteiger partial charge in [0.25, 0.3) is 5.91 Å². The third kappa shape index (κ3) is 3.63. The number of pyridine rings is 1. The second kappa shape index (κ2) is 7.12. The van der Waals surface area contributed by atoms with Crippen molar-refractivity contribution in [1.82, 2.24) is 15.2 Å². The number of morpholine rings is 1. The highest BCUT2D eigenvalue weighted by Crippen LogP contribution is 2.32. The number of nitrogens with zero attached hydrogens (tertiary/aromatic N) is 3. The molecule has 1 amide bonds. The number of nitrogens with one attached hydrogen (secondary N) is 2. The molecule has 1 fully saturated rings. The van der Waals surface area contributed by atoms with Gasteiger partial charge in [-0.3, -0.25) is 9.89 Å². The first-order chi connectivity index (χ1) is 13.4. The van der Waals surface area contributed by atoms with Crippen LogP contribution in [0.3, 0.4) is 0 Å². The number of carbonyl (C=O) groups excluding carboxylic acids is 1. The summed E-state index contributed by atoms with van der Waals surface area (Å²) in [5.41, 5.74) is 0.575. The fraction of sp³-hybridized carbons (Fsp3) is 0.278. The summed E-state index contributed by atoms with van der Waals surface area (Å²) in [6.07, 6.45) is -3.01. The summed E-state index contributed by atoms with van der Waals surface area (Å²) < 4.78 is 44.0. The molecule has 7 nitrogen and oxygen atoms in total. The number of ether oxygens (including phenoxy) is 1. The standard InChI is InChI=1S/C18H16F3N5O2/c19-18(20,21)16-3-1-2-12(23-16)17(27)24-14-8-11-10-22-25-13(11)9-15(14)26-4-6-28-7-5-26/h1-3,8-10H,4-7H2,(H,22,25)(H,24,27). The van der Waals surface area contributed by atoms with Crippen molar-refractivity contribution in [3.63, 3.8) is 0 Å². The smallest absolute Gasteiger partial charge is 0.378 e. The lowest BCUT2D eigenvalue weighted by atomic mass is 10.1. The number of aromatic amines is 1. The Morgan fingerprint density at radius 2 is 2.00 bits per heavy atom. The summed E-state index contributed by atoms with van der Waals surface area (Å²) in [6.45, 7) is 2.35. The lowest BCUT2D eigenvalue weighted by Gasteiger charge is -2.30. The van der Waals surface area contributed by atoms with Crippen LogP contribution in [0.1, 0.15) is 16.2 Å². The second-order valence-corrected chi connectivity index (χ2v) is 6.29. The van der Waals surface area contributed by atoms with E-state index < -0.39 is 17.8 Å². The SMILES string of the molecule is O=C(Nc1cc2cn[nH]c2cc1N1CCOCC1)c1cccc(C(F)(F)F)n1. The fourth-order valence-corrected chi connectivity index (χ4v) is 3.05. The number of amides is 1. The van der Waals surface area contributed by atoms with E-state index in [9.17, 15) is 18.0 Å². The number of anilines is 2. The Morgan fingerprint density at radius 3 is 2.75 bits per heavy atom. The molecule has 0 radical (unpaired) electrons. The number of fused-ring (bicyclic) bond motifs is 1. The quantitative estimate of drug-likeness (QED) is 0.717. The van der Waals surface area contributed by atoms with E-state index in [4.69, 9.17) is 4.74 Å². The zero-order valence-electron chi connectivity index (χ0n) is 14.6. The maximum absolute atomic E-state index is 12.9. The first-order valence-electron chi connectivity index (χ1n) is 8.57.